The minimum atomic E-state index is 0.766. The summed E-state index contributed by atoms with van der Waals surface area (Å²) in [5, 5.41) is 0. The van der Waals surface area contributed by atoms with Crippen molar-refractivity contribution >= 4 is 12.6 Å². The van der Waals surface area contributed by atoms with Crippen LogP contribution in [0.1, 0.15) is 19.4 Å². The van der Waals surface area contributed by atoms with Gasteiger partial charge >= 0.3 is 0 Å². The summed E-state index contributed by atoms with van der Waals surface area (Å²) in [5.41, 5.74) is 1.44. The molecule has 0 unspecified atom stereocenters. The van der Waals surface area contributed by atoms with Gasteiger partial charge in [-0.3, -0.25) is 0 Å². The zero-order valence-electron chi connectivity index (χ0n) is 10.5. The zero-order valence-corrected chi connectivity index (χ0v) is 11.4. The van der Waals surface area contributed by atoms with E-state index in [0.29, 0.717) is 0 Å². The molecular formula is C16H20S. The van der Waals surface area contributed by atoms with Crippen LogP contribution < -0.4 is 0 Å². The minimum absolute atomic E-state index is 0.766. The third kappa shape index (κ3) is 6.85. The lowest BCUT2D eigenvalue weighted by Crippen LogP contribution is -1.92. The quantitative estimate of drug-likeness (QED) is 0.717. The molecule has 1 heteroatoms. The second-order valence-corrected chi connectivity index (χ2v) is 4.94. The highest BCUT2D eigenvalue weighted by molar-refractivity contribution is 7.80. The molecule has 0 N–H and O–H groups in total. The Morgan fingerprint density at radius 3 is 1.65 bits per heavy atom. The van der Waals surface area contributed by atoms with Crippen LogP contribution in [0.25, 0.3) is 0 Å². The van der Waals surface area contributed by atoms with Gasteiger partial charge in [0.25, 0.3) is 0 Å². The van der Waals surface area contributed by atoms with Gasteiger partial charge in [-0.05, 0) is 30.0 Å². The van der Waals surface area contributed by atoms with Crippen LogP contribution in [0.5, 0.6) is 0 Å². The van der Waals surface area contributed by atoms with Crippen LogP contribution in [0, 0.1) is 5.92 Å². The highest BCUT2D eigenvalue weighted by Crippen LogP contribution is 2.06. The van der Waals surface area contributed by atoms with E-state index < -0.39 is 0 Å². The van der Waals surface area contributed by atoms with Crippen LogP contribution in [-0.4, -0.2) is 0 Å². The van der Waals surface area contributed by atoms with Gasteiger partial charge in [0.2, 0.25) is 0 Å². The van der Waals surface area contributed by atoms with E-state index in [9.17, 15) is 0 Å². The van der Waals surface area contributed by atoms with E-state index in [0.717, 1.165) is 10.8 Å². The van der Waals surface area contributed by atoms with Gasteiger partial charge in [-0.25, -0.2) is 0 Å². The van der Waals surface area contributed by atoms with Gasteiger partial charge in [0, 0.05) is 4.90 Å². The molecule has 0 aliphatic carbocycles. The lowest BCUT2D eigenvalue weighted by molar-refractivity contribution is 0.647. The maximum atomic E-state index is 4.08. The van der Waals surface area contributed by atoms with E-state index in [4.69, 9.17) is 0 Å². The maximum Gasteiger partial charge on any atom is 0.00399 e. The summed E-state index contributed by atoms with van der Waals surface area (Å²) in [6, 6.07) is 20.4. The topological polar surface area (TPSA) is 0 Å². The van der Waals surface area contributed by atoms with E-state index in [1.54, 1.807) is 0 Å². The van der Waals surface area contributed by atoms with Crippen molar-refractivity contribution in [1.82, 2.24) is 0 Å². The van der Waals surface area contributed by atoms with E-state index in [1.165, 1.54) is 12.0 Å². The second kappa shape index (κ2) is 7.97. The molecule has 0 radical (unpaired) electrons. The molecule has 0 aromatic heterocycles. The number of thiol groups is 1. The molecule has 0 spiro atoms. The number of benzene rings is 2. The van der Waals surface area contributed by atoms with Crippen molar-refractivity contribution in [2.24, 2.45) is 5.92 Å². The summed E-state index contributed by atoms with van der Waals surface area (Å²) in [6.45, 7) is 4.49. The van der Waals surface area contributed by atoms with E-state index in [-0.39, 0.29) is 0 Å². The molecule has 0 aliphatic rings. The Hall–Kier alpha value is -1.21. The molecule has 2 aromatic rings. The molecule has 90 valence electrons. The Labute approximate surface area is 110 Å². The maximum absolute atomic E-state index is 4.08. The van der Waals surface area contributed by atoms with E-state index >= 15 is 0 Å². The van der Waals surface area contributed by atoms with Crippen LogP contribution in [0.4, 0.5) is 0 Å². The average molecular weight is 244 g/mol. The summed E-state index contributed by atoms with van der Waals surface area (Å²) in [5.74, 6) is 0.766. The molecule has 0 nitrogen and oxygen atoms in total. The fourth-order valence-electron chi connectivity index (χ4n) is 1.51. The smallest absolute Gasteiger partial charge is 0.00399 e. The fraction of sp³-hybridized carbons (Fsp3) is 0.250. The zero-order chi connectivity index (χ0) is 12.5. The molecule has 2 rings (SSSR count). The largest absolute Gasteiger partial charge is 0.143 e. The van der Waals surface area contributed by atoms with Crippen molar-refractivity contribution in [3.63, 3.8) is 0 Å². The molecule has 0 heterocycles. The van der Waals surface area contributed by atoms with Crippen LogP contribution >= 0.6 is 12.6 Å². The van der Waals surface area contributed by atoms with E-state index in [2.05, 4.69) is 56.8 Å². The van der Waals surface area contributed by atoms with Gasteiger partial charge in [0.15, 0.2) is 0 Å². The van der Waals surface area contributed by atoms with Crippen molar-refractivity contribution in [2.45, 2.75) is 25.2 Å². The molecule has 0 bridgehead atoms. The van der Waals surface area contributed by atoms with Crippen LogP contribution in [0.3, 0.4) is 0 Å². The first kappa shape index (κ1) is 13.9. The molecule has 0 amide bonds. The summed E-state index contributed by atoms with van der Waals surface area (Å²) in [6.07, 6.45) is 1.20. The van der Waals surface area contributed by atoms with Crippen LogP contribution in [0.2, 0.25) is 0 Å². The highest BCUT2D eigenvalue weighted by atomic mass is 32.1. The Morgan fingerprint density at radius 1 is 0.824 bits per heavy atom. The summed E-state index contributed by atoms with van der Waals surface area (Å²) >= 11 is 4.08. The molecule has 0 saturated heterocycles. The predicted octanol–water partition coefficient (Wildman–Crippen LogP) is 4.86. The third-order valence-electron chi connectivity index (χ3n) is 2.24. The van der Waals surface area contributed by atoms with Crippen molar-refractivity contribution in [3.8, 4) is 0 Å². The SMILES string of the molecule is CC(C)Cc1ccccc1.Sc1ccccc1. The standard InChI is InChI=1S/C10H14.C6H6S/c1-9(2)8-10-6-4-3-5-7-10;7-6-4-2-1-3-5-6/h3-7,9H,8H2,1-2H3;1-5,7H. The monoisotopic (exact) mass is 244 g/mol. The average Bonchev–Trinajstić information content (AvgIpc) is 2.31. The van der Waals surface area contributed by atoms with Crippen molar-refractivity contribution in [2.75, 3.05) is 0 Å². The van der Waals surface area contributed by atoms with Crippen molar-refractivity contribution in [3.05, 3.63) is 66.2 Å². The minimum Gasteiger partial charge on any atom is -0.143 e. The summed E-state index contributed by atoms with van der Waals surface area (Å²) in [4.78, 5) is 1.02. The number of rotatable bonds is 2. The molecule has 2 aromatic carbocycles. The summed E-state index contributed by atoms with van der Waals surface area (Å²) in [7, 11) is 0. The lowest BCUT2D eigenvalue weighted by atomic mass is 10.0. The lowest BCUT2D eigenvalue weighted by Gasteiger charge is -2.02. The van der Waals surface area contributed by atoms with Crippen molar-refractivity contribution in [1.29, 1.82) is 0 Å². The molecule has 0 atom stereocenters. The first-order valence-electron chi connectivity index (χ1n) is 5.96. The second-order valence-electron chi connectivity index (χ2n) is 4.42. The summed E-state index contributed by atoms with van der Waals surface area (Å²) < 4.78 is 0. The Kier molecular flexibility index (Phi) is 6.49. The van der Waals surface area contributed by atoms with Gasteiger partial charge in [0.1, 0.15) is 0 Å². The molecular weight excluding hydrogens is 224 g/mol. The molecule has 17 heavy (non-hydrogen) atoms. The first-order valence-corrected chi connectivity index (χ1v) is 6.41. The van der Waals surface area contributed by atoms with Gasteiger partial charge in [-0.15, -0.1) is 12.6 Å². The van der Waals surface area contributed by atoms with Gasteiger partial charge in [-0.2, -0.15) is 0 Å². The van der Waals surface area contributed by atoms with Crippen molar-refractivity contribution < 1.29 is 0 Å². The van der Waals surface area contributed by atoms with Gasteiger partial charge < -0.3 is 0 Å². The molecule has 0 saturated carbocycles. The van der Waals surface area contributed by atoms with Crippen LogP contribution in [0.15, 0.2) is 65.6 Å². The predicted molar refractivity (Wildman–Crippen MR) is 78.7 cm³/mol. The Morgan fingerprint density at radius 2 is 1.29 bits per heavy atom. The molecule has 0 fully saturated rings. The number of hydrogen-bond donors (Lipinski definition) is 1. The van der Waals surface area contributed by atoms with Crippen LogP contribution in [-0.2, 0) is 6.42 Å². The normalized spacial score (nSPS) is 9.65. The fourth-order valence-corrected chi connectivity index (χ4v) is 1.69. The highest BCUT2D eigenvalue weighted by Gasteiger charge is 1.94. The number of hydrogen-bond acceptors (Lipinski definition) is 1. The Bertz CT molecular complexity index is 392. The third-order valence-corrected chi connectivity index (χ3v) is 2.54. The Balaban J connectivity index is 0.000000181. The van der Waals surface area contributed by atoms with Gasteiger partial charge in [-0.1, -0.05) is 62.4 Å². The van der Waals surface area contributed by atoms with E-state index in [1.807, 2.05) is 30.3 Å². The molecule has 0 aliphatic heterocycles. The first-order chi connectivity index (χ1) is 8.18. The van der Waals surface area contributed by atoms with Gasteiger partial charge in [0.05, 0.1) is 0 Å².